The van der Waals surface area contributed by atoms with Gasteiger partial charge in [-0.15, -0.1) is 0 Å². The van der Waals surface area contributed by atoms with E-state index in [-0.39, 0.29) is 5.69 Å². The summed E-state index contributed by atoms with van der Waals surface area (Å²) < 4.78 is 0.984. The number of hydrogen-bond acceptors (Lipinski definition) is 3. The number of fused-ring (bicyclic) bond motifs is 1. The van der Waals surface area contributed by atoms with E-state index < -0.39 is 18.0 Å². The summed E-state index contributed by atoms with van der Waals surface area (Å²) in [6.45, 7) is 0.476. The van der Waals surface area contributed by atoms with Gasteiger partial charge >= 0.3 is 6.09 Å². The quantitative estimate of drug-likeness (QED) is 0.856. The van der Waals surface area contributed by atoms with Crippen LogP contribution in [-0.2, 0) is 4.79 Å². The lowest BCUT2D eigenvalue weighted by Gasteiger charge is -2.20. The molecule has 6 nitrogen and oxygen atoms in total. The molecule has 1 atom stereocenters. The van der Waals surface area contributed by atoms with Gasteiger partial charge in [0.25, 0.3) is 5.91 Å². The zero-order valence-electron chi connectivity index (χ0n) is 11.2. The van der Waals surface area contributed by atoms with Crippen molar-refractivity contribution in [2.45, 2.75) is 18.9 Å². The number of likely N-dealkylation sites (tertiary alicyclic amines) is 1. The van der Waals surface area contributed by atoms with Gasteiger partial charge in [-0.05, 0) is 25.0 Å². The monoisotopic (exact) mass is 286 g/mol. The fourth-order valence-electron chi connectivity index (χ4n) is 2.85. The Labute approximate surface area is 120 Å². The van der Waals surface area contributed by atoms with Crippen LogP contribution in [-0.4, -0.2) is 45.4 Å². The summed E-state index contributed by atoms with van der Waals surface area (Å²) in [7, 11) is 0. The van der Waals surface area contributed by atoms with Gasteiger partial charge in [0.05, 0.1) is 11.6 Å². The maximum atomic E-state index is 12.6. The standard InChI is InChI=1S/C15H14N2O4/c18-9-11-5-3-7-16(11)14(19)13-8-10-4-1-2-6-12(10)17(13)15(20)21/h1-2,4,6,8-9,11H,3,5,7H2,(H,20,21). The number of carboxylic acid groups (broad SMARTS) is 1. The van der Waals surface area contributed by atoms with Crippen molar-refractivity contribution in [3.63, 3.8) is 0 Å². The summed E-state index contributed by atoms with van der Waals surface area (Å²) in [4.78, 5) is 36.6. The molecule has 0 aliphatic carbocycles. The van der Waals surface area contributed by atoms with Crippen LogP contribution in [0.3, 0.4) is 0 Å². The van der Waals surface area contributed by atoms with Crippen LogP contribution in [0.1, 0.15) is 23.3 Å². The molecule has 1 unspecified atom stereocenters. The molecule has 1 fully saturated rings. The van der Waals surface area contributed by atoms with Crippen LogP contribution >= 0.6 is 0 Å². The predicted octanol–water partition coefficient (Wildman–Crippen LogP) is 1.97. The highest BCUT2D eigenvalue weighted by Gasteiger charge is 2.32. The molecule has 1 aromatic carbocycles. The van der Waals surface area contributed by atoms with Crippen LogP contribution in [0.4, 0.5) is 4.79 Å². The molecule has 1 N–H and O–H groups in total. The molecule has 108 valence electrons. The summed E-state index contributed by atoms with van der Waals surface area (Å²) in [5, 5.41) is 10.1. The molecule has 6 heteroatoms. The van der Waals surface area contributed by atoms with E-state index in [9.17, 15) is 19.5 Å². The Bertz CT molecular complexity index is 734. The molecule has 2 heterocycles. The summed E-state index contributed by atoms with van der Waals surface area (Å²) in [6, 6.07) is 8.02. The maximum absolute atomic E-state index is 12.6. The molecular formula is C15H14N2O4. The molecule has 1 saturated heterocycles. The Morgan fingerprint density at radius 2 is 2.05 bits per heavy atom. The van der Waals surface area contributed by atoms with E-state index in [1.807, 2.05) is 0 Å². The third-order valence-corrected chi connectivity index (χ3v) is 3.84. The third kappa shape index (κ3) is 2.08. The first kappa shape index (κ1) is 13.4. The van der Waals surface area contributed by atoms with Crippen molar-refractivity contribution in [3.05, 3.63) is 36.0 Å². The van der Waals surface area contributed by atoms with Crippen LogP contribution in [0.2, 0.25) is 0 Å². The Morgan fingerprint density at radius 1 is 1.29 bits per heavy atom. The fourth-order valence-corrected chi connectivity index (χ4v) is 2.85. The first-order valence-electron chi connectivity index (χ1n) is 6.73. The number of nitrogens with zero attached hydrogens (tertiary/aromatic N) is 2. The Hall–Kier alpha value is -2.63. The van der Waals surface area contributed by atoms with Crippen LogP contribution in [0.15, 0.2) is 30.3 Å². The second kappa shape index (κ2) is 5.05. The van der Waals surface area contributed by atoms with Crippen molar-refractivity contribution in [3.8, 4) is 0 Å². The normalized spacial score (nSPS) is 18.1. The number of para-hydroxylation sites is 1. The van der Waals surface area contributed by atoms with Crippen LogP contribution in [0.5, 0.6) is 0 Å². The fraction of sp³-hybridized carbons (Fsp3) is 0.267. The number of aldehydes is 1. The number of benzene rings is 1. The van der Waals surface area contributed by atoms with Crippen molar-refractivity contribution in [2.75, 3.05) is 6.54 Å². The number of aromatic nitrogens is 1. The third-order valence-electron chi connectivity index (χ3n) is 3.84. The number of hydrogen-bond donors (Lipinski definition) is 1. The lowest BCUT2D eigenvalue weighted by molar-refractivity contribution is -0.111. The lowest BCUT2D eigenvalue weighted by atomic mass is 10.2. The van der Waals surface area contributed by atoms with Crippen molar-refractivity contribution in [2.24, 2.45) is 0 Å². The molecule has 0 spiro atoms. The smallest absolute Gasteiger partial charge is 0.416 e. The van der Waals surface area contributed by atoms with E-state index in [1.54, 1.807) is 30.3 Å². The van der Waals surface area contributed by atoms with Crippen LogP contribution in [0.25, 0.3) is 10.9 Å². The number of carbonyl (C=O) groups is 3. The maximum Gasteiger partial charge on any atom is 0.416 e. The minimum atomic E-state index is -1.21. The molecule has 1 aliphatic heterocycles. The molecule has 0 radical (unpaired) electrons. The predicted molar refractivity (Wildman–Crippen MR) is 75.5 cm³/mol. The average molecular weight is 286 g/mol. The van der Waals surface area contributed by atoms with Crippen LogP contribution < -0.4 is 0 Å². The van der Waals surface area contributed by atoms with E-state index >= 15 is 0 Å². The van der Waals surface area contributed by atoms with Crippen LogP contribution in [0, 0.1) is 0 Å². The lowest BCUT2D eigenvalue weighted by Crippen LogP contribution is -2.38. The van der Waals surface area contributed by atoms with Gasteiger partial charge in [-0.2, -0.15) is 0 Å². The number of rotatable bonds is 2. The number of carbonyl (C=O) groups excluding carboxylic acids is 2. The molecule has 1 amide bonds. The molecule has 1 aliphatic rings. The zero-order chi connectivity index (χ0) is 15.0. The molecule has 0 saturated carbocycles. The van der Waals surface area contributed by atoms with Crippen molar-refractivity contribution in [1.29, 1.82) is 0 Å². The Morgan fingerprint density at radius 3 is 2.76 bits per heavy atom. The average Bonchev–Trinajstić information content (AvgIpc) is 3.10. The molecular weight excluding hydrogens is 272 g/mol. The summed E-state index contributed by atoms with van der Waals surface area (Å²) in [5.74, 6) is -0.414. The molecule has 1 aromatic heterocycles. The van der Waals surface area contributed by atoms with Gasteiger partial charge < -0.3 is 14.8 Å². The van der Waals surface area contributed by atoms with Gasteiger partial charge in [0.2, 0.25) is 0 Å². The minimum absolute atomic E-state index is 0.0810. The topological polar surface area (TPSA) is 79.6 Å². The second-order valence-corrected chi connectivity index (χ2v) is 5.05. The van der Waals surface area contributed by atoms with Gasteiger partial charge in [0.1, 0.15) is 12.0 Å². The highest BCUT2D eigenvalue weighted by atomic mass is 16.4. The van der Waals surface area contributed by atoms with E-state index in [0.717, 1.165) is 17.3 Å². The highest BCUT2D eigenvalue weighted by molar-refractivity contribution is 6.04. The first-order chi connectivity index (χ1) is 10.1. The minimum Gasteiger partial charge on any atom is -0.464 e. The zero-order valence-corrected chi connectivity index (χ0v) is 11.2. The van der Waals surface area contributed by atoms with Gasteiger partial charge in [-0.25, -0.2) is 9.36 Å². The summed E-state index contributed by atoms with van der Waals surface area (Å²) in [6.07, 6.45) is 0.922. The van der Waals surface area contributed by atoms with Crippen molar-refractivity contribution >= 4 is 29.2 Å². The summed E-state index contributed by atoms with van der Waals surface area (Å²) in [5.41, 5.74) is 0.549. The molecule has 21 heavy (non-hydrogen) atoms. The number of amides is 1. The molecule has 3 rings (SSSR count). The van der Waals surface area contributed by atoms with E-state index in [4.69, 9.17) is 0 Å². The van der Waals surface area contributed by atoms with Gasteiger partial charge in [0.15, 0.2) is 0 Å². The Kier molecular flexibility index (Phi) is 3.21. The van der Waals surface area contributed by atoms with E-state index in [0.29, 0.717) is 23.9 Å². The Balaban J connectivity index is 2.11. The largest absolute Gasteiger partial charge is 0.464 e. The van der Waals surface area contributed by atoms with Crippen molar-refractivity contribution in [1.82, 2.24) is 9.47 Å². The highest BCUT2D eigenvalue weighted by Crippen LogP contribution is 2.24. The second-order valence-electron chi connectivity index (χ2n) is 5.05. The SMILES string of the molecule is O=CC1CCCN1C(=O)c1cc2ccccc2n1C(=O)O. The molecule has 2 aromatic rings. The van der Waals surface area contributed by atoms with Crippen molar-refractivity contribution < 1.29 is 19.5 Å². The van der Waals surface area contributed by atoms with E-state index in [1.165, 1.54) is 4.90 Å². The van der Waals surface area contributed by atoms with Gasteiger partial charge in [0, 0.05) is 11.9 Å². The van der Waals surface area contributed by atoms with E-state index in [2.05, 4.69) is 0 Å². The van der Waals surface area contributed by atoms with Gasteiger partial charge in [-0.3, -0.25) is 4.79 Å². The first-order valence-corrected chi connectivity index (χ1v) is 6.73. The molecule has 0 bridgehead atoms. The van der Waals surface area contributed by atoms with Gasteiger partial charge in [-0.1, -0.05) is 18.2 Å². The summed E-state index contributed by atoms with van der Waals surface area (Å²) >= 11 is 0.